The van der Waals surface area contributed by atoms with Gasteiger partial charge in [-0.3, -0.25) is 4.79 Å². The average molecular weight is 393 g/mol. The molecule has 2 rings (SSSR count). The highest BCUT2D eigenvalue weighted by Gasteiger charge is 2.33. The van der Waals surface area contributed by atoms with E-state index in [9.17, 15) is 18.0 Å². The highest BCUT2D eigenvalue weighted by atomic mass is 19.4. The molecule has 28 heavy (non-hydrogen) atoms. The molecule has 0 aromatic heterocycles. The summed E-state index contributed by atoms with van der Waals surface area (Å²) in [7, 11) is 0. The lowest BCUT2D eigenvalue weighted by Crippen LogP contribution is -2.16. The fourth-order valence-corrected chi connectivity index (χ4v) is 2.81. The second kappa shape index (κ2) is 10.7. The average Bonchev–Trinajstić information content (AvgIpc) is 2.67. The summed E-state index contributed by atoms with van der Waals surface area (Å²) in [6, 6.07) is 11.3. The predicted molar refractivity (Wildman–Crippen MR) is 105 cm³/mol. The van der Waals surface area contributed by atoms with E-state index in [1.807, 2.05) is 0 Å². The van der Waals surface area contributed by atoms with Crippen molar-refractivity contribution in [3.63, 3.8) is 0 Å². The number of unbranched alkanes of at least 4 members (excludes halogenated alkanes) is 5. The minimum absolute atomic E-state index is 0.261. The summed E-state index contributed by atoms with van der Waals surface area (Å²) in [5.74, 6) is 0.0416. The summed E-state index contributed by atoms with van der Waals surface area (Å²) < 4.78 is 44.7. The minimum Gasteiger partial charge on any atom is -0.494 e. The molecule has 0 aliphatic carbocycles. The number of hydrogen-bond donors (Lipinski definition) is 1. The molecule has 0 fully saturated rings. The number of halogens is 3. The van der Waals surface area contributed by atoms with Crippen molar-refractivity contribution in [1.29, 1.82) is 0 Å². The number of para-hydroxylation sites is 1. The van der Waals surface area contributed by atoms with Crippen LogP contribution in [0.2, 0.25) is 0 Å². The normalized spacial score (nSPS) is 11.3. The van der Waals surface area contributed by atoms with Crippen molar-refractivity contribution in [2.45, 2.75) is 51.6 Å². The zero-order valence-electron chi connectivity index (χ0n) is 16.0. The standard InChI is InChI=1S/C22H26F3NO2/c1-2-3-4-5-6-9-16-28-18-14-12-17(13-15-18)21(27)26-20-11-8-7-10-19(20)22(23,24)25/h7-8,10-15H,2-6,9,16H2,1H3,(H,26,27). The number of anilines is 1. The molecule has 0 unspecified atom stereocenters. The number of carbonyl (C=O) groups is 1. The van der Waals surface area contributed by atoms with Gasteiger partial charge in [-0.2, -0.15) is 13.2 Å². The summed E-state index contributed by atoms with van der Waals surface area (Å²) in [4.78, 5) is 12.3. The van der Waals surface area contributed by atoms with Crippen LogP contribution in [0.3, 0.4) is 0 Å². The second-order valence-electron chi connectivity index (χ2n) is 6.64. The van der Waals surface area contributed by atoms with E-state index in [0.717, 1.165) is 18.9 Å². The minimum atomic E-state index is -4.53. The summed E-state index contributed by atoms with van der Waals surface area (Å²) in [6.07, 6.45) is 2.50. The molecule has 1 amide bonds. The van der Waals surface area contributed by atoms with Crippen LogP contribution in [0.25, 0.3) is 0 Å². The zero-order valence-corrected chi connectivity index (χ0v) is 16.0. The highest BCUT2D eigenvalue weighted by Crippen LogP contribution is 2.34. The number of ether oxygens (including phenoxy) is 1. The number of rotatable bonds is 10. The lowest BCUT2D eigenvalue weighted by Gasteiger charge is -2.13. The Morgan fingerprint density at radius 3 is 2.25 bits per heavy atom. The fourth-order valence-electron chi connectivity index (χ4n) is 2.81. The quantitative estimate of drug-likeness (QED) is 0.456. The Balaban J connectivity index is 1.86. The Hall–Kier alpha value is -2.50. The Labute approximate surface area is 163 Å². The third-order valence-corrected chi connectivity index (χ3v) is 4.36. The molecule has 1 N–H and O–H groups in total. The fraction of sp³-hybridized carbons (Fsp3) is 0.409. The van der Waals surface area contributed by atoms with E-state index in [4.69, 9.17) is 4.74 Å². The molecular weight excluding hydrogens is 367 g/mol. The number of benzene rings is 2. The van der Waals surface area contributed by atoms with Gasteiger partial charge in [-0.25, -0.2) is 0 Å². The highest BCUT2D eigenvalue weighted by molar-refractivity contribution is 6.04. The van der Waals surface area contributed by atoms with E-state index < -0.39 is 17.6 Å². The van der Waals surface area contributed by atoms with E-state index in [1.54, 1.807) is 24.3 Å². The van der Waals surface area contributed by atoms with Crippen LogP contribution >= 0.6 is 0 Å². The van der Waals surface area contributed by atoms with Gasteiger partial charge in [-0.15, -0.1) is 0 Å². The number of nitrogens with one attached hydrogen (secondary N) is 1. The molecule has 0 saturated carbocycles. The van der Waals surface area contributed by atoms with E-state index in [0.29, 0.717) is 12.4 Å². The maximum absolute atomic E-state index is 13.0. The van der Waals surface area contributed by atoms with E-state index in [1.165, 1.54) is 43.9 Å². The number of hydrogen-bond acceptors (Lipinski definition) is 2. The first-order valence-electron chi connectivity index (χ1n) is 9.62. The molecule has 0 spiro atoms. The summed E-state index contributed by atoms with van der Waals surface area (Å²) >= 11 is 0. The van der Waals surface area contributed by atoms with Crippen LogP contribution in [0.5, 0.6) is 5.75 Å². The Bertz CT molecular complexity index is 742. The first-order valence-corrected chi connectivity index (χ1v) is 9.62. The smallest absolute Gasteiger partial charge is 0.418 e. The molecule has 0 aliphatic heterocycles. The van der Waals surface area contributed by atoms with Gasteiger partial charge in [-0.1, -0.05) is 51.2 Å². The lowest BCUT2D eigenvalue weighted by molar-refractivity contribution is -0.136. The van der Waals surface area contributed by atoms with E-state index in [-0.39, 0.29) is 11.3 Å². The Kier molecular flexibility index (Phi) is 8.36. The first kappa shape index (κ1) is 21.8. The van der Waals surface area contributed by atoms with Crippen molar-refractivity contribution in [3.05, 3.63) is 59.7 Å². The molecule has 3 nitrogen and oxygen atoms in total. The van der Waals surface area contributed by atoms with Crippen molar-refractivity contribution in [2.24, 2.45) is 0 Å². The van der Waals surface area contributed by atoms with Crippen molar-refractivity contribution in [3.8, 4) is 5.75 Å². The molecule has 6 heteroatoms. The molecule has 0 bridgehead atoms. The summed E-state index contributed by atoms with van der Waals surface area (Å²) in [5.41, 5.74) is -0.866. The van der Waals surface area contributed by atoms with Crippen LogP contribution in [-0.2, 0) is 6.18 Å². The third-order valence-electron chi connectivity index (χ3n) is 4.36. The Morgan fingerprint density at radius 1 is 0.929 bits per heavy atom. The topological polar surface area (TPSA) is 38.3 Å². The van der Waals surface area contributed by atoms with Crippen LogP contribution in [-0.4, -0.2) is 12.5 Å². The van der Waals surface area contributed by atoms with Gasteiger partial charge in [-0.05, 0) is 42.8 Å². The maximum atomic E-state index is 13.0. The van der Waals surface area contributed by atoms with Crippen LogP contribution in [0, 0.1) is 0 Å². The molecule has 0 aliphatic rings. The predicted octanol–water partition coefficient (Wildman–Crippen LogP) is 6.70. The monoisotopic (exact) mass is 393 g/mol. The summed E-state index contributed by atoms with van der Waals surface area (Å²) in [5, 5.41) is 2.33. The summed E-state index contributed by atoms with van der Waals surface area (Å²) in [6.45, 7) is 2.79. The molecule has 0 radical (unpaired) electrons. The Morgan fingerprint density at radius 2 is 1.57 bits per heavy atom. The molecule has 2 aromatic carbocycles. The van der Waals surface area contributed by atoms with Crippen molar-refractivity contribution in [1.82, 2.24) is 0 Å². The van der Waals surface area contributed by atoms with Gasteiger partial charge in [0.1, 0.15) is 5.75 Å². The zero-order chi connectivity index (χ0) is 20.4. The van der Waals surface area contributed by atoms with Crippen molar-refractivity contribution < 1.29 is 22.7 Å². The maximum Gasteiger partial charge on any atom is 0.418 e. The van der Waals surface area contributed by atoms with Gasteiger partial charge >= 0.3 is 6.18 Å². The van der Waals surface area contributed by atoms with Gasteiger partial charge in [0.05, 0.1) is 17.9 Å². The molecule has 0 heterocycles. The molecule has 0 atom stereocenters. The SMILES string of the molecule is CCCCCCCCOc1ccc(C(=O)Nc2ccccc2C(F)(F)F)cc1. The molecule has 2 aromatic rings. The largest absolute Gasteiger partial charge is 0.494 e. The van der Waals surface area contributed by atoms with Crippen molar-refractivity contribution >= 4 is 11.6 Å². The van der Waals surface area contributed by atoms with Crippen LogP contribution < -0.4 is 10.1 Å². The third kappa shape index (κ3) is 6.91. The van der Waals surface area contributed by atoms with Crippen LogP contribution in [0.4, 0.5) is 18.9 Å². The molecule has 152 valence electrons. The number of carbonyl (C=O) groups excluding carboxylic acids is 1. The van der Waals surface area contributed by atoms with Gasteiger partial charge in [0, 0.05) is 5.56 Å². The van der Waals surface area contributed by atoms with E-state index in [2.05, 4.69) is 12.2 Å². The second-order valence-corrected chi connectivity index (χ2v) is 6.64. The van der Waals surface area contributed by atoms with Crippen molar-refractivity contribution in [2.75, 3.05) is 11.9 Å². The molecular formula is C22H26F3NO2. The van der Waals surface area contributed by atoms with Gasteiger partial charge in [0.15, 0.2) is 0 Å². The first-order chi connectivity index (χ1) is 13.4. The number of amides is 1. The number of alkyl halides is 3. The van der Waals surface area contributed by atoms with E-state index >= 15 is 0 Å². The van der Waals surface area contributed by atoms with Crippen LogP contribution in [0.15, 0.2) is 48.5 Å². The lowest BCUT2D eigenvalue weighted by atomic mass is 10.1. The van der Waals surface area contributed by atoms with Gasteiger partial charge in [0.25, 0.3) is 5.91 Å². The van der Waals surface area contributed by atoms with Gasteiger partial charge in [0.2, 0.25) is 0 Å². The van der Waals surface area contributed by atoms with Gasteiger partial charge < -0.3 is 10.1 Å². The molecule has 0 saturated heterocycles. The van der Waals surface area contributed by atoms with Crippen LogP contribution in [0.1, 0.15) is 61.4 Å².